The van der Waals surface area contributed by atoms with Gasteiger partial charge in [-0.15, -0.1) is 0 Å². The van der Waals surface area contributed by atoms with Crippen molar-refractivity contribution >= 4 is 12.0 Å². The average Bonchev–Trinajstić information content (AvgIpc) is 2.00. The maximum atomic E-state index is 11.0. The van der Waals surface area contributed by atoms with Crippen LogP contribution in [0.4, 0.5) is 4.79 Å². The highest BCUT2D eigenvalue weighted by atomic mass is 16.6. The summed E-state index contributed by atoms with van der Waals surface area (Å²) in [5.41, 5.74) is 4.66. The van der Waals surface area contributed by atoms with Crippen molar-refractivity contribution in [1.29, 1.82) is 0 Å². The summed E-state index contributed by atoms with van der Waals surface area (Å²) < 4.78 is 4.30. The fourth-order valence-corrected chi connectivity index (χ4v) is 0.621. The molecular weight excluding hydrogens is 176 g/mol. The highest BCUT2D eigenvalue weighted by Gasteiger charge is 2.13. The first-order chi connectivity index (χ1) is 5.93. The quantitative estimate of drug-likeness (QED) is 0.589. The summed E-state index contributed by atoms with van der Waals surface area (Å²) in [6.07, 6.45) is -2.04. The van der Waals surface area contributed by atoms with Crippen molar-refractivity contribution in [3.05, 3.63) is 0 Å². The minimum absolute atomic E-state index is 0.0831. The van der Waals surface area contributed by atoms with Crippen LogP contribution >= 0.6 is 0 Å². The van der Waals surface area contributed by atoms with E-state index >= 15 is 0 Å². The normalized spacial score (nSPS) is 11.9. The molecule has 3 N–H and O–H groups in total. The Hall–Kier alpha value is -1.30. The second kappa shape index (κ2) is 5.36. The van der Waals surface area contributed by atoms with E-state index in [9.17, 15) is 9.59 Å². The number of carbonyl (C=O) groups is 2. The average molecular weight is 190 g/mol. The Morgan fingerprint density at radius 2 is 2.08 bits per heavy atom. The van der Waals surface area contributed by atoms with Crippen LogP contribution < -0.4 is 5.73 Å². The van der Waals surface area contributed by atoms with Crippen LogP contribution in [-0.4, -0.2) is 48.8 Å². The predicted octanol–water partition coefficient (Wildman–Crippen LogP) is -1.08. The van der Waals surface area contributed by atoms with Gasteiger partial charge in [-0.05, 0) is 0 Å². The van der Waals surface area contributed by atoms with Crippen LogP contribution in [-0.2, 0) is 9.53 Å². The molecule has 76 valence electrons. The van der Waals surface area contributed by atoms with E-state index in [1.807, 2.05) is 0 Å². The third kappa shape index (κ3) is 5.92. The molecule has 0 aliphatic carbocycles. The van der Waals surface area contributed by atoms with Crippen molar-refractivity contribution in [3.8, 4) is 0 Å². The Balaban J connectivity index is 3.68. The van der Waals surface area contributed by atoms with Gasteiger partial charge >= 0.3 is 6.09 Å². The van der Waals surface area contributed by atoms with Crippen molar-refractivity contribution < 1.29 is 19.4 Å². The molecular formula is C7H14N2O4. The lowest BCUT2D eigenvalue weighted by Gasteiger charge is -2.13. The number of nitrogens with two attached hydrogens (primary N) is 1. The van der Waals surface area contributed by atoms with E-state index in [1.165, 1.54) is 4.90 Å². The molecule has 1 atom stereocenters. The van der Waals surface area contributed by atoms with E-state index < -0.39 is 12.2 Å². The smallest absolute Gasteiger partial charge is 0.404 e. The van der Waals surface area contributed by atoms with Crippen LogP contribution in [0.25, 0.3) is 0 Å². The van der Waals surface area contributed by atoms with Crippen LogP contribution in [0.2, 0.25) is 0 Å². The molecule has 1 unspecified atom stereocenters. The van der Waals surface area contributed by atoms with Crippen LogP contribution in [0.5, 0.6) is 0 Å². The largest absolute Gasteiger partial charge is 0.447 e. The number of hydrogen-bond acceptors (Lipinski definition) is 4. The standard InChI is InChI=1S/C7H14N2O4/c1-9(2)6(11)3-5(10)4-13-7(8)12/h5,10H,3-4H2,1-2H3,(H2,8,12). The van der Waals surface area contributed by atoms with E-state index in [-0.39, 0.29) is 18.9 Å². The molecule has 0 saturated heterocycles. The zero-order chi connectivity index (χ0) is 10.4. The first-order valence-corrected chi connectivity index (χ1v) is 3.74. The topological polar surface area (TPSA) is 92.9 Å². The van der Waals surface area contributed by atoms with E-state index in [1.54, 1.807) is 14.1 Å². The molecule has 0 aliphatic rings. The molecule has 6 heteroatoms. The summed E-state index contributed by atoms with van der Waals surface area (Å²) in [7, 11) is 3.15. The summed E-state index contributed by atoms with van der Waals surface area (Å²) in [5.74, 6) is -0.236. The lowest BCUT2D eigenvalue weighted by atomic mass is 10.2. The number of aliphatic hydroxyl groups is 1. The lowest BCUT2D eigenvalue weighted by molar-refractivity contribution is -0.131. The van der Waals surface area contributed by atoms with Gasteiger partial charge in [0.25, 0.3) is 0 Å². The number of hydrogen-bond donors (Lipinski definition) is 2. The number of primary amides is 1. The number of aliphatic hydroxyl groups excluding tert-OH is 1. The molecule has 2 amide bonds. The summed E-state index contributed by atoms with van der Waals surface area (Å²) >= 11 is 0. The van der Waals surface area contributed by atoms with Crippen molar-refractivity contribution in [2.45, 2.75) is 12.5 Å². The number of rotatable bonds is 4. The lowest BCUT2D eigenvalue weighted by Crippen LogP contribution is -2.30. The maximum absolute atomic E-state index is 11.0. The molecule has 13 heavy (non-hydrogen) atoms. The fraction of sp³-hybridized carbons (Fsp3) is 0.714. The van der Waals surface area contributed by atoms with Crippen LogP contribution in [0.1, 0.15) is 6.42 Å². The van der Waals surface area contributed by atoms with Gasteiger partial charge in [0.2, 0.25) is 5.91 Å². The molecule has 0 saturated carbocycles. The Labute approximate surface area is 76.3 Å². The van der Waals surface area contributed by atoms with Crippen molar-refractivity contribution in [1.82, 2.24) is 4.90 Å². The minimum Gasteiger partial charge on any atom is -0.447 e. The van der Waals surface area contributed by atoms with E-state index in [0.717, 1.165) is 0 Å². The van der Waals surface area contributed by atoms with Crippen LogP contribution in [0, 0.1) is 0 Å². The van der Waals surface area contributed by atoms with Gasteiger partial charge in [0.15, 0.2) is 0 Å². The molecule has 0 aromatic carbocycles. The SMILES string of the molecule is CN(C)C(=O)CC(O)COC(N)=O. The summed E-state index contributed by atoms with van der Waals surface area (Å²) in [4.78, 5) is 22.4. The molecule has 0 aliphatic heterocycles. The summed E-state index contributed by atoms with van der Waals surface area (Å²) in [5, 5.41) is 9.14. The zero-order valence-corrected chi connectivity index (χ0v) is 7.69. The Morgan fingerprint density at radius 1 is 1.54 bits per heavy atom. The molecule has 0 spiro atoms. The Bertz CT molecular complexity index is 193. The van der Waals surface area contributed by atoms with Gasteiger partial charge in [-0.2, -0.15) is 0 Å². The maximum Gasteiger partial charge on any atom is 0.404 e. The predicted molar refractivity (Wildman–Crippen MR) is 44.9 cm³/mol. The van der Waals surface area contributed by atoms with Crippen LogP contribution in [0.15, 0.2) is 0 Å². The molecule has 0 fully saturated rings. The number of carbonyl (C=O) groups excluding carboxylic acids is 2. The van der Waals surface area contributed by atoms with Gasteiger partial charge in [0.1, 0.15) is 6.61 Å². The molecule has 0 aromatic heterocycles. The van der Waals surface area contributed by atoms with Gasteiger partial charge in [0, 0.05) is 14.1 Å². The first-order valence-electron chi connectivity index (χ1n) is 3.74. The molecule has 0 rings (SSSR count). The molecule has 0 aromatic rings. The molecule has 0 heterocycles. The highest BCUT2D eigenvalue weighted by molar-refractivity contribution is 5.76. The second-order valence-electron chi connectivity index (χ2n) is 2.78. The monoisotopic (exact) mass is 190 g/mol. The number of ether oxygens (including phenoxy) is 1. The second-order valence-corrected chi connectivity index (χ2v) is 2.78. The molecule has 0 bridgehead atoms. The first kappa shape index (κ1) is 11.7. The minimum atomic E-state index is -0.998. The van der Waals surface area contributed by atoms with Gasteiger partial charge in [-0.3, -0.25) is 4.79 Å². The molecule has 6 nitrogen and oxygen atoms in total. The van der Waals surface area contributed by atoms with Crippen molar-refractivity contribution in [3.63, 3.8) is 0 Å². The van der Waals surface area contributed by atoms with Crippen LogP contribution in [0.3, 0.4) is 0 Å². The Kier molecular flexibility index (Phi) is 4.83. The van der Waals surface area contributed by atoms with Gasteiger partial charge in [-0.1, -0.05) is 0 Å². The van der Waals surface area contributed by atoms with E-state index in [0.29, 0.717) is 0 Å². The Morgan fingerprint density at radius 3 is 2.46 bits per heavy atom. The fourth-order valence-electron chi connectivity index (χ4n) is 0.621. The zero-order valence-electron chi connectivity index (χ0n) is 7.69. The highest BCUT2D eigenvalue weighted by Crippen LogP contribution is 1.95. The van der Waals surface area contributed by atoms with Gasteiger partial charge < -0.3 is 20.5 Å². The number of nitrogens with zero attached hydrogens (tertiary/aromatic N) is 1. The van der Waals surface area contributed by atoms with Gasteiger partial charge in [-0.25, -0.2) is 4.79 Å². The van der Waals surface area contributed by atoms with Gasteiger partial charge in [0.05, 0.1) is 12.5 Å². The summed E-state index contributed by atoms with van der Waals surface area (Å²) in [6, 6.07) is 0. The van der Waals surface area contributed by atoms with E-state index in [2.05, 4.69) is 10.5 Å². The third-order valence-electron chi connectivity index (χ3n) is 1.33. The van der Waals surface area contributed by atoms with Crippen molar-refractivity contribution in [2.75, 3.05) is 20.7 Å². The van der Waals surface area contributed by atoms with Crippen molar-refractivity contribution in [2.24, 2.45) is 5.73 Å². The summed E-state index contributed by atoms with van der Waals surface area (Å²) in [6.45, 7) is -0.255. The molecule has 0 radical (unpaired) electrons. The number of amides is 2. The van der Waals surface area contributed by atoms with E-state index in [4.69, 9.17) is 5.11 Å². The third-order valence-corrected chi connectivity index (χ3v) is 1.33.